The Morgan fingerprint density at radius 1 is 1.42 bits per heavy atom. The average molecular weight is 171 g/mol. The standard InChI is InChI=1S/C8H15NO.C2H6/c1-3-7-4-8(5-7)9-6(2)10;1-2/h7-8H,3-5H2,1-2H3,(H,9,10);1-2H3. The molecule has 72 valence electrons. The summed E-state index contributed by atoms with van der Waals surface area (Å²) in [5.41, 5.74) is 0. The van der Waals surface area contributed by atoms with E-state index in [0.717, 1.165) is 5.92 Å². The lowest BCUT2D eigenvalue weighted by molar-refractivity contribution is -0.120. The van der Waals surface area contributed by atoms with Crippen LogP contribution in [0.4, 0.5) is 0 Å². The molecule has 0 aromatic heterocycles. The van der Waals surface area contributed by atoms with Gasteiger partial charge in [-0.05, 0) is 18.8 Å². The molecule has 0 saturated heterocycles. The van der Waals surface area contributed by atoms with Crippen molar-refractivity contribution < 1.29 is 4.79 Å². The number of carbonyl (C=O) groups excluding carboxylic acids is 1. The maximum atomic E-state index is 10.5. The van der Waals surface area contributed by atoms with E-state index in [1.54, 1.807) is 6.92 Å². The molecule has 0 unspecified atom stereocenters. The number of hydrogen-bond donors (Lipinski definition) is 1. The van der Waals surface area contributed by atoms with Crippen LogP contribution >= 0.6 is 0 Å². The fraction of sp³-hybridized carbons (Fsp3) is 0.900. The highest BCUT2D eigenvalue weighted by Gasteiger charge is 2.27. The fourth-order valence-electron chi connectivity index (χ4n) is 1.47. The third-order valence-corrected chi connectivity index (χ3v) is 2.22. The molecular weight excluding hydrogens is 150 g/mol. The van der Waals surface area contributed by atoms with Crippen LogP contribution in [0, 0.1) is 5.92 Å². The molecule has 0 spiro atoms. The minimum absolute atomic E-state index is 0.111. The van der Waals surface area contributed by atoms with Crippen LogP contribution in [0.1, 0.15) is 47.0 Å². The van der Waals surface area contributed by atoms with Crippen LogP contribution in [0.15, 0.2) is 0 Å². The van der Waals surface area contributed by atoms with E-state index in [1.165, 1.54) is 19.3 Å². The predicted octanol–water partition coefficient (Wildman–Crippen LogP) is 2.34. The first-order chi connectivity index (χ1) is 5.72. The van der Waals surface area contributed by atoms with Crippen LogP contribution in [0.5, 0.6) is 0 Å². The van der Waals surface area contributed by atoms with E-state index in [0.29, 0.717) is 6.04 Å². The Morgan fingerprint density at radius 3 is 2.25 bits per heavy atom. The summed E-state index contributed by atoms with van der Waals surface area (Å²) in [7, 11) is 0. The van der Waals surface area contributed by atoms with Gasteiger partial charge in [-0.25, -0.2) is 0 Å². The largest absolute Gasteiger partial charge is 0.354 e. The molecule has 1 N–H and O–H groups in total. The predicted molar refractivity (Wildman–Crippen MR) is 52.0 cm³/mol. The number of nitrogens with one attached hydrogen (secondary N) is 1. The highest BCUT2D eigenvalue weighted by molar-refractivity contribution is 5.73. The van der Waals surface area contributed by atoms with E-state index in [1.807, 2.05) is 13.8 Å². The van der Waals surface area contributed by atoms with E-state index in [2.05, 4.69) is 12.2 Å². The molecule has 0 aromatic carbocycles. The van der Waals surface area contributed by atoms with Crippen molar-refractivity contribution in [1.29, 1.82) is 0 Å². The Morgan fingerprint density at radius 2 is 1.92 bits per heavy atom. The van der Waals surface area contributed by atoms with Gasteiger partial charge in [-0.1, -0.05) is 27.2 Å². The molecule has 1 saturated carbocycles. The Labute approximate surface area is 75.7 Å². The summed E-state index contributed by atoms with van der Waals surface area (Å²) in [6.07, 6.45) is 3.64. The minimum atomic E-state index is 0.111. The van der Waals surface area contributed by atoms with Crippen molar-refractivity contribution in [1.82, 2.24) is 5.32 Å². The molecule has 0 radical (unpaired) electrons. The highest BCUT2D eigenvalue weighted by Crippen LogP contribution is 2.29. The summed E-state index contributed by atoms with van der Waals surface area (Å²) in [6, 6.07) is 0.488. The SMILES string of the molecule is CC.CCC1CC(NC(C)=O)C1. The van der Waals surface area contributed by atoms with Crippen LogP contribution < -0.4 is 5.32 Å². The lowest BCUT2D eigenvalue weighted by atomic mass is 9.79. The molecule has 0 bridgehead atoms. The summed E-state index contributed by atoms with van der Waals surface area (Å²) in [5.74, 6) is 0.983. The highest BCUT2D eigenvalue weighted by atomic mass is 16.1. The van der Waals surface area contributed by atoms with Crippen LogP contribution in [0.25, 0.3) is 0 Å². The number of rotatable bonds is 2. The molecule has 0 aromatic rings. The molecule has 2 heteroatoms. The lowest BCUT2D eigenvalue weighted by Crippen LogP contribution is -2.43. The third kappa shape index (κ3) is 3.74. The molecule has 1 amide bonds. The van der Waals surface area contributed by atoms with Gasteiger partial charge in [-0.15, -0.1) is 0 Å². The first-order valence-corrected chi connectivity index (χ1v) is 4.99. The molecule has 0 atom stereocenters. The first kappa shape index (κ1) is 11.5. The van der Waals surface area contributed by atoms with Gasteiger partial charge in [0.05, 0.1) is 0 Å². The summed E-state index contributed by atoms with van der Waals surface area (Å²) in [5, 5.41) is 2.90. The van der Waals surface area contributed by atoms with Crippen molar-refractivity contribution in [2.24, 2.45) is 5.92 Å². The maximum Gasteiger partial charge on any atom is 0.217 e. The van der Waals surface area contributed by atoms with Crippen LogP contribution in [-0.4, -0.2) is 11.9 Å². The Balaban J connectivity index is 0.000000561. The maximum absolute atomic E-state index is 10.5. The zero-order valence-corrected chi connectivity index (χ0v) is 8.68. The van der Waals surface area contributed by atoms with Crippen LogP contribution in [0.3, 0.4) is 0 Å². The Bertz CT molecular complexity index is 128. The second-order valence-electron chi connectivity index (χ2n) is 3.14. The van der Waals surface area contributed by atoms with Gasteiger partial charge >= 0.3 is 0 Å². The molecule has 1 rings (SSSR count). The summed E-state index contributed by atoms with van der Waals surface area (Å²) in [4.78, 5) is 10.5. The quantitative estimate of drug-likeness (QED) is 0.679. The van der Waals surface area contributed by atoms with Gasteiger partial charge in [0.25, 0.3) is 0 Å². The summed E-state index contributed by atoms with van der Waals surface area (Å²) in [6.45, 7) is 7.79. The molecule has 1 aliphatic carbocycles. The van der Waals surface area contributed by atoms with Gasteiger partial charge in [0, 0.05) is 13.0 Å². The topological polar surface area (TPSA) is 29.1 Å². The average Bonchev–Trinajstić information content (AvgIpc) is 1.99. The van der Waals surface area contributed by atoms with Crippen molar-refractivity contribution in [3.63, 3.8) is 0 Å². The molecule has 12 heavy (non-hydrogen) atoms. The Kier molecular flexibility index (Phi) is 5.77. The van der Waals surface area contributed by atoms with Gasteiger partial charge < -0.3 is 5.32 Å². The van der Waals surface area contributed by atoms with Gasteiger partial charge in [-0.2, -0.15) is 0 Å². The Hall–Kier alpha value is -0.530. The fourth-order valence-corrected chi connectivity index (χ4v) is 1.47. The number of amides is 1. The van der Waals surface area contributed by atoms with E-state index in [-0.39, 0.29) is 5.91 Å². The van der Waals surface area contributed by atoms with E-state index in [4.69, 9.17) is 0 Å². The zero-order chi connectivity index (χ0) is 9.56. The normalized spacial score (nSPS) is 26.3. The smallest absolute Gasteiger partial charge is 0.217 e. The van der Waals surface area contributed by atoms with Crippen LogP contribution in [0.2, 0.25) is 0 Å². The zero-order valence-electron chi connectivity index (χ0n) is 8.68. The molecule has 1 aliphatic rings. The van der Waals surface area contributed by atoms with E-state index >= 15 is 0 Å². The van der Waals surface area contributed by atoms with Gasteiger partial charge in [0.15, 0.2) is 0 Å². The van der Waals surface area contributed by atoms with Crippen molar-refractivity contribution in [2.75, 3.05) is 0 Å². The molecule has 1 fully saturated rings. The van der Waals surface area contributed by atoms with Crippen LogP contribution in [-0.2, 0) is 4.79 Å². The van der Waals surface area contributed by atoms with Crippen molar-refractivity contribution in [3.8, 4) is 0 Å². The van der Waals surface area contributed by atoms with Crippen molar-refractivity contribution >= 4 is 5.91 Å². The number of hydrogen-bond acceptors (Lipinski definition) is 1. The van der Waals surface area contributed by atoms with E-state index in [9.17, 15) is 4.79 Å². The monoisotopic (exact) mass is 171 g/mol. The summed E-state index contributed by atoms with van der Waals surface area (Å²) < 4.78 is 0. The summed E-state index contributed by atoms with van der Waals surface area (Å²) >= 11 is 0. The second kappa shape index (κ2) is 6.04. The van der Waals surface area contributed by atoms with Crippen molar-refractivity contribution in [2.45, 2.75) is 53.0 Å². The van der Waals surface area contributed by atoms with Gasteiger partial charge in [-0.3, -0.25) is 4.79 Å². The molecule has 2 nitrogen and oxygen atoms in total. The van der Waals surface area contributed by atoms with Gasteiger partial charge in [0.2, 0.25) is 5.91 Å². The molecule has 0 heterocycles. The first-order valence-electron chi connectivity index (χ1n) is 4.99. The van der Waals surface area contributed by atoms with Gasteiger partial charge in [0.1, 0.15) is 0 Å². The molecule has 0 aliphatic heterocycles. The number of carbonyl (C=O) groups is 1. The van der Waals surface area contributed by atoms with Crippen molar-refractivity contribution in [3.05, 3.63) is 0 Å². The third-order valence-electron chi connectivity index (χ3n) is 2.22. The van der Waals surface area contributed by atoms with E-state index < -0.39 is 0 Å². The minimum Gasteiger partial charge on any atom is -0.354 e. The molecular formula is C10H21NO. The second-order valence-corrected chi connectivity index (χ2v) is 3.14. The lowest BCUT2D eigenvalue weighted by Gasteiger charge is -2.34.